The standard InChI is InChI=1S/C19H29N3O/c1-13(17(23)21-15-7-5-14(20)6-8-15)22-12-19(4)10-16(22)9-18(2,3)11-19/h5-8,13,16H,9-12,20H2,1-4H3,(H,21,23). The number of nitrogens with zero attached hydrogens (tertiary/aromatic N) is 1. The van der Waals surface area contributed by atoms with Crippen LogP contribution in [-0.2, 0) is 4.79 Å². The number of amides is 1. The third-order valence-electron chi connectivity index (χ3n) is 5.51. The van der Waals surface area contributed by atoms with Gasteiger partial charge >= 0.3 is 0 Å². The normalized spacial score (nSPS) is 30.9. The molecule has 23 heavy (non-hydrogen) atoms. The zero-order valence-electron chi connectivity index (χ0n) is 14.7. The van der Waals surface area contributed by atoms with E-state index in [1.807, 2.05) is 31.2 Å². The fourth-order valence-electron chi connectivity index (χ4n) is 4.92. The summed E-state index contributed by atoms with van der Waals surface area (Å²) in [7, 11) is 0. The van der Waals surface area contributed by atoms with E-state index in [1.165, 1.54) is 19.3 Å². The Morgan fingerprint density at radius 2 is 1.91 bits per heavy atom. The zero-order valence-corrected chi connectivity index (χ0v) is 14.7. The molecule has 1 aromatic rings. The molecule has 4 nitrogen and oxygen atoms in total. The van der Waals surface area contributed by atoms with Crippen molar-refractivity contribution in [2.24, 2.45) is 10.8 Å². The van der Waals surface area contributed by atoms with Crippen LogP contribution in [0.4, 0.5) is 11.4 Å². The molecule has 1 heterocycles. The number of anilines is 2. The summed E-state index contributed by atoms with van der Waals surface area (Å²) in [6.07, 6.45) is 3.65. The molecular weight excluding hydrogens is 286 g/mol. The number of nitrogen functional groups attached to an aromatic ring is 1. The van der Waals surface area contributed by atoms with E-state index in [2.05, 4.69) is 31.0 Å². The van der Waals surface area contributed by atoms with Crippen LogP contribution in [0.15, 0.2) is 24.3 Å². The van der Waals surface area contributed by atoms with Crippen molar-refractivity contribution >= 4 is 17.3 Å². The third-order valence-corrected chi connectivity index (χ3v) is 5.51. The average molecular weight is 315 g/mol. The van der Waals surface area contributed by atoms with Crippen LogP contribution in [0.2, 0.25) is 0 Å². The van der Waals surface area contributed by atoms with Crippen LogP contribution in [0.1, 0.15) is 47.0 Å². The first kappa shape index (κ1) is 16.3. The number of nitrogens with two attached hydrogens (primary N) is 1. The van der Waals surface area contributed by atoms with E-state index in [-0.39, 0.29) is 11.9 Å². The van der Waals surface area contributed by atoms with Crippen molar-refractivity contribution in [2.75, 3.05) is 17.6 Å². The molecule has 1 aliphatic carbocycles. The maximum atomic E-state index is 12.7. The lowest BCUT2D eigenvalue weighted by molar-refractivity contribution is -0.121. The highest BCUT2D eigenvalue weighted by Crippen LogP contribution is 2.52. The number of carbonyl (C=O) groups is 1. The summed E-state index contributed by atoms with van der Waals surface area (Å²) in [4.78, 5) is 15.1. The van der Waals surface area contributed by atoms with Crippen LogP contribution in [0.5, 0.6) is 0 Å². The van der Waals surface area contributed by atoms with Gasteiger partial charge in [0.25, 0.3) is 0 Å². The van der Waals surface area contributed by atoms with Crippen molar-refractivity contribution in [3.05, 3.63) is 24.3 Å². The number of likely N-dealkylation sites (tertiary alicyclic amines) is 1. The first-order chi connectivity index (χ1) is 10.7. The molecule has 2 aliphatic rings. The lowest BCUT2D eigenvalue weighted by Gasteiger charge is -2.40. The second-order valence-electron chi connectivity index (χ2n) is 8.67. The molecule has 0 aromatic heterocycles. The van der Waals surface area contributed by atoms with Crippen LogP contribution in [0, 0.1) is 10.8 Å². The number of benzene rings is 1. The minimum absolute atomic E-state index is 0.0729. The number of hydrogen-bond donors (Lipinski definition) is 2. The molecule has 2 fully saturated rings. The van der Waals surface area contributed by atoms with E-state index in [0.29, 0.717) is 22.6 Å². The number of rotatable bonds is 3. The van der Waals surface area contributed by atoms with Gasteiger partial charge in [0, 0.05) is 24.0 Å². The van der Waals surface area contributed by atoms with Gasteiger partial charge in [-0.2, -0.15) is 0 Å². The number of nitrogens with one attached hydrogen (secondary N) is 1. The monoisotopic (exact) mass is 315 g/mol. The quantitative estimate of drug-likeness (QED) is 0.839. The van der Waals surface area contributed by atoms with Crippen LogP contribution >= 0.6 is 0 Å². The van der Waals surface area contributed by atoms with Gasteiger partial charge in [-0.3, -0.25) is 9.69 Å². The third kappa shape index (κ3) is 3.37. The zero-order chi connectivity index (χ0) is 16.8. The summed E-state index contributed by atoms with van der Waals surface area (Å²) in [6, 6.07) is 7.75. The lowest BCUT2D eigenvalue weighted by atomic mass is 9.65. The highest BCUT2D eigenvalue weighted by atomic mass is 16.2. The highest BCUT2D eigenvalue weighted by Gasteiger charge is 2.51. The van der Waals surface area contributed by atoms with Gasteiger partial charge in [0.2, 0.25) is 5.91 Å². The van der Waals surface area contributed by atoms with Gasteiger partial charge < -0.3 is 11.1 Å². The fourth-order valence-corrected chi connectivity index (χ4v) is 4.92. The number of fused-ring (bicyclic) bond motifs is 2. The van der Waals surface area contributed by atoms with E-state index < -0.39 is 0 Å². The van der Waals surface area contributed by atoms with Gasteiger partial charge in [0.1, 0.15) is 0 Å². The second-order valence-corrected chi connectivity index (χ2v) is 8.67. The Morgan fingerprint density at radius 1 is 1.26 bits per heavy atom. The predicted octanol–water partition coefficient (Wildman–Crippen LogP) is 3.50. The smallest absolute Gasteiger partial charge is 0.241 e. The molecule has 1 aromatic carbocycles. The first-order valence-corrected chi connectivity index (χ1v) is 8.60. The van der Waals surface area contributed by atoms with Crippen molar-refractivity contribution in [2.45, 2.75) is 59.0 Å². The first-order valence-electron chi connectivity index (χ1n) is 8.60. The van der Waals surface area contributed by atoms with Crippen LogP contribution < -0.4 is 11.1 Å². The lowest BCUT2D eigenvalue weighted by Crippen LogP contribution is -2.45. The maximum Gasteiger partial charge on any atom is 0.241 e. The Kier molecular flexibility index (Phi) is 3.91. The van der Waals surface area contributed by atoms with Crippen LogP contribution in [0.25, 0.3) is 0 Å². The molecular formula is C19H29N3O. The average Bonchev–Trinajstić information content (AvgIpc) is 2.69. The van der Waals surface area contributed by atoms with Gasteiger partial charge in [0.05, 0.1) is 6.04 Å². The summed E-state index contributed by atoms with van der Waals surface area (Å²) in [6.45, 7) is 10.2. The van der Waals surface area contributed by atoms with E-state index in [1.54, 1.807) is 0 Å². The Morgan fingerprint density at radius 3 is 2.57 bits per heavy atom. The summed E-state index contributed by atoms with van der Waals surface area (Å²) in [5.74, 6) is 0.0729. The van der Waals surface area contributed by atoms with Gasteiger partial charge in [-0.25, -0.2) is 0 Å². The van der Waals surface area contributed by atoms with E-state index in [4.69, 9.17) is 5.73 Å². The van der Waals surface area contributed by atoms with E-state index in [0.717, 1.165) is 12.2 Å². The molecule has 3 rings (SSSR count). The molecule has 1 saturated carbocycles. The molecule has 0 radical (unpaired) electrons. The van der Waals surface area contributed by atoms with Crippen LogP contribution in [0.3, 0.4) is 0 Å². The van der Waals surface area contributed by atoms with E-state index in [9.17, 15) is 4.79 Å². The van der Waals surface area contributed by atoms with Crippen LogP contribution in [-0.4, -0.2) is 29.4 Å². The van der Waals surface area contributed by atoms with Crippen molar-refractivity contribution in [3.63, 3.8) is 0 Å². The van der Waals surface area contributed by atoms with Gasteiger partial charge in [-0.15, -0.1) is 0 Å². The molecule has 2 bridgehead atoms. The fraction of sp³-hybridized carbons (Fsp3) is 0.632. The number of hydrogen-bond acceptors (Lipinski definition) is 3. The summed E-state index contributed by atoms with van der Waals surface area (Å²) >= 11 is 0. The minimum atomic E-state index is -0.103. The maximum absolute atomic E-state index is 12.7. The Balaban J connectivity index is 1.69. The largest absolute Gasteiger partial charge is 0.399 e. The molecule has 3 atom stereocenters. The molecule has 0 spiro atoms. The number of carbonyl (C=O) groups excluding carboxylic acids is 1. The topological polar surface area (TPSA) is 58.4 Å². The van der Waals surface area contributed by atoms with Crippen molar-refractivity contribution in [1.82, 2.24) is 4.90 Å². The van der Waals surface area contributed by atoms with E-state index >= 15 is 0 Å². The molecule has 1 amide bonds. The van der Waals surface area contributed by atoms with Crippen molar-refractivity contribution in [1.29, 1.82) is 0 Å². The Hall–Kier alpha value is -1.55. The molecule has 4 heteroatoms. The molecule has 126 valence electrons. The molecule has 1 saturated heterocycles. The van der Waals surface area contributed by atoms with Crippen molar-refractivity contribution in [3.8, 4) is 0 Å². The predicted molar refractivity (Wildman–Crippen MR) is 95.2 cm³/mol. The Labute approximate surface area is 139 Å². The summed E-state index contributed by atoms with van der Waals surface area (Å²) in [5, 5.41) is 3.02. The molecule has 1 aliphatic heterocycles. The van der Waals surface area contributed by atoms with Gasteiger partial charge in [0.15, 0.2) is 0 Å². The minimum Gasteiger partial charge on any atom is -0.399 e. The van der Waals surface area contributed by atoms with Crippen molar-refractivity contribution < 1.29 is 4.79 Å². The highest BCUT2D eigenvalue weighted by molar-refractivity contribution is 5.94. The SMILES string of the molecule is CC(C(=O)Nc1ccc(N)cc1)N1CC2(C)CC1CC(C)(C)C2. The summed E-state index contributed by atoms with van der Waals surface area (Å²) in [5.41, 5.74) is 7.94. The molecule has 3 unspecified atom stereocenters. The summed E-state index contributed by atoms with van der Waals surface area (Å²) < 4.78 is 0. The second kappa shape index (κ2) is 5.52. The molecule has 3 N–H and O–H groups in total. The Bertz CT molecular complexity index is 595. The van der Waals surface area contributed by atoms with Gasteiger partial charge in [-0.1, -0.05) is 20.8 Å². The van der Waals surface area contributed by atoms with Gasteiger partial charge in [-0.05, 0) is 61.3 Å².